The Kier molecular flexibility index (Phi) is 4.80. The van der Waals surface area contributed by atoms with E-state index in [0.29, 0.717) is 19.1 Å². The van der Waals surface area contributed by atoms with E-state index in [1.54, 1.807) is 18.6 Å². The maximum absolute atomic E-state index is 12.0. The molecule has 6 heteroatoms. The van der Waals surface area contributed by atoms with Crippen LogP contribution in [0.2, 0.25) is 0 Å². The summed E-state index contributed by atoms with van der Waals surface area (Å²) in [4.78, 5) is 27.1. The molecule has 0 bridgehead atoms. The second kappa shape index (κ2) is 7.17. The van der Waals surface area contributed by atoms with Gasteiger partial charge in [0.15, 0.2) is 0 Å². The van der Waals surface area contributed by atoms with Crippen molar-refractivity contribution in [3.8, 4) is 11.3 Å². The fourth-order valence-corrected chi connectivity index (χ4v) is 2.79. The zero-order chi connectivity index (χ0) is 16.1. The van der Waals surface area contributed by atoms with Crippen LogP contribution in [0.25, 0.3) is 11.3 Å². The number of ether oxygens (including phenoxy) is 1. The van der Waals surface area contributed by atoms with E-state index in [9.17, 15) is 4.79 Å². The Labute approximate surface area is 135 Å². The Morgan fingerprint density at radius 1 is 1.39 bits per heavy atom. The van der Waals surface area contributed by atoms with Gasteiger partial charge in [-0.15, -0.1) is 0 Å². The molecule has 0 amide bonds. The molecule has 0 radical (unpaired) electrons. The third-order valence-electron chi connectivity index (χ3n) is 3.92. The fourth-order valence-electron chi connectivity index (χ4n) is 2.79. The van der Waals surface area contributed by atoms with Gasteiger partial charge in [-0.25, -0.2) is 9.97 Å². The Balaban J connectivity index is 1.77. The van der Waals surface area contributed by atoms with E-state index in [2.05, 4.69) is 19.9 Å². The molecule has 0 N–H and O–H groups in total. The molecule has 0 aromatic carbocycles. The lowest BCUT2D eigenvalue weighted by molar-refractivity contribution is -0.148. The summed E-state index contributed by atoms with van der Waals surface area (Å²) >= 11 is 0. The minimum Gasteiger partial charge on any atom is -0.466 e. The zero-order valence-corrected chi connectivity index (χ0v) is 13.2. The van der Waals surface area contributed by atoms with Gasteiger partial charge in [-0.05, 0) is 38.0 Å². The summed E-state index contributed by atoms with van der Waals surface area (Å²) < 4.78 is 5.14. The van der Waals surface area contributed by atoms with Crippen LogP contribution < -0.4 is 4.90 Å². The number of rotatable bonds is 4. The number of aromatic nitrogens is 3. The van der Waals surface area contributed by atoms with Crippen molar-refractivity contribution >= 4 is 11.9 Å². The molecule has 1 fully saturated rings. The van der Waals surface area contributed by atoms with Crippen molar-refractivity contribution in [2.24, 2.45) is 5.92 Å². The first-order valence-corrected chi connectivity index (χ1v) is 7.93. The van der Waals surface area contributed by atoms with Crippen LogP contribution in [-0.2, 0) is 9.53 Å². The molecule has 120 valence electrons. The second-order valence-corrected chi connectivity index (χ2v) is 5.52. The minimum absolute atomic E-state index is 0.102. The van der Waals surface area contributed by atoms with Crippen molar-refractivity contribution < 1.29 is 9.53 Å². The van der Waals surface area contributed by atoms with E-state index in [1.165, 1.54) is 0 Å². The standard InChI is InChI=1S/C17H20N4O2/c1-2-23-16(22)14-6-4-10-21(12-14)17-19-9-7-15(20-17)13-5-3-8-18-11-13/h3,5,7-9,11,14H,2,4,6,10,12H2,1H3. The molecule has 0 saturated carbocycles. The summed E-state index contributed by atoms with van der Waals surface area (Å²) in [6.45, 7) is 3.71. The van der Waals surface area contributed by atoms with Gasteiger partial charge in [-0.2, -0.15) is 0 Å². The van der Waals surface area contributed by atoms with Crippen molar-refractivity contribution in [3.63, 3.8) is 0 Å². The van der Waals surface area contributed by atoms with Crippen LogP contribution in [0.15, 0.2) is 36.8 Å². The molecule has 1 aliphatic heterocycles. The Hall–Kier alpha value is -2.50. The van der Waals surface area contributed by atoms with Crippen LogP contribution in [0.1, 0.15) is 19.8 Å². The molecule has 0 spiro atoms. The van der Waals surface area contributed by atoms with Gasteiger partial charge < -0.3 is 9.64 Å². The Morgan fingerprint density at radius 2 is 2.30 bits per heavy atom. The summed E-state index contributed by atoms with van der Waals surface area (Å²) in [5.74, 6) is 0.426. The maximum Gasteiger partial charge on any atom is 0.310 e. The average Bonchev–Trinajstić information content (AvgIpc) is 2.63. The molecule has 1 saturated heterocycles. The first kappa shape index (κ1) is 15.4. The molecule has 2 aromatic heterocycles. The molecular formula is C17H20N4O2. The van der Waals surface area contributed by atoms with Gasteiger partial charge in [0.25, 0.3) is 0 Å². The number of esters is 1. The summed E-state index contributed by atoms with van der Waals surface area (Å²) in [6, 6.07) is 5.72. The maximum atomic E-state index is 12.0. The topological polar surface area (TPSA) is 68.2 Å². The Bertz CT molecular complexity index is 663. The van der Waals surface area contributed by atoms with Crippen LogP contribution in [0.5, 0.6) is 0 Å². The first-order chi connectivity index (χ1) is 11.3. The van der Waals surface area contributed by atoms with Gasteiger partial charge in [0.2, 0.25) is 5.95 Å². The average molecular weight is 312 g/mol. The highest BCUT2D eigenvalue weighted by molar-refractivity contribution is 5.73. The fraction of sp³-hybridized carbons (Fsp3) is 0.412. The van der Waals surface area contributed by atoms with E-state index in [4.69, 9.17) is 4.74 Å². The van der Waals surface area contributed by atoms with E-state index in [0.717, 1.165) is 30.6 Å². The van der Waals surface area contributed by atoms with Crippen LogP contribution in [0.3, 0.4) is 0 Å². The molecule has 6 nitrogen and oxygen atoms in total. The summed E-state index contributed by atoms with van der Waals surface area (Å²) in [7, 11) is 0. The van der Waals surface area contributed by atoms with Gasteiger partial charge in [0, 0.05) is 37.2 Å². The van der Waals surface area contributed by atoms with Gasteiger partial charge in [-0.1, -0.05) is 0 Å². The summed E-state index contributed by atoms with van der Waals surface area (Å²) in [6.07, 6.45) is 7.06. The van der Waals surface area contributed by atoms with Crippen molar-refractivity contribution in [1.29, 1.82) is 0 Å². The third-order valence-corrected chi connectivity index (χ3v) is 3.92. The second-order valence-electron chi connectivity index (χ2n) is 5.52. The lowest BCUT2D eigenvalue weighted by atomic mass is 9.98. The smallest absolute Gasteiger partial charge is 0.310 e. The highest BCUT2D eigenvalue weighted by atomic mass is 16.5. The Morgan fingerprint density at radius 3 is 3.09 bits per heavy atom. The van der Waals surface area contributed by atoms with Crippen molar-refractivity contribution in [2.75, 3.05) is 24.6 Å². The third kappa shape index (κ3) is 3.64. The highest BCUT2D eigenvalue weighted by Crippen LogP contribution is 2.23. The quantitative estimate of drug-likeness (QED) is 0.807. The molecule has 3 rings (SSSR count). The first-order valence-electron chi connectivity index (χ1n) is 7.93. The van der Waals surface area contributed by atoms with Crippen LogP contribution in [0.4, 0.5) is 5.95 Å². The van der Waals surface area contributed by atoms with E-state index >= 15 is 0 Å². The molecular weight excluding hydrogens is 292 g/mol. The van der Waals surface area contributed by atoms with Gasteiger partial charge >= 0.3 is 5.97 Å². The SMILES string of the molecule is CCOC(=O)C1CCCN(c2nccc(-c3cccnc3)n2)C1. The molecule has 23 heavy (non-hydrogen) atoms. The van der Waals surface area contributed by atoms with Crippen LogP contribution in [0, 0.1) is 5.92 Å². The highest BCUT2D eigenvalue weighted by Gasteiger charge is 2.28. The van der Waals surface area contributed by atoms with Gasteiger partial charge in [-0.3, -0.25) is 9.78 Å². The predicted octanol–water partition coefficient (Wildman–Crippen LogP) is 2.32. The van der Waals surface area contributed by atoms with Crippen LogP contribution >= 0.6 is 0 Å². The molecule has 2 aromatic rings. The molecule has 1 aliphatic rings. The molecule has 1 unspecified atom stereocenters. The minimum atomic E-state index is -0.124. The monoisotopic (exact) mass is 312 g/mol. The number of carbonyl (C=O) groups excluding carboxylic acids is 1. The molecule has 3 heterocycles. The van der Waals surface area contributed by atoms with Crippen molar-refractivity contribution in [1.82, 2.24) is 15.0 Å². The number of hydrogen-bond donors (Lipinski definition) is 0. The zero-order valence-electron chi connectivity index (χ0n) is 13.2. The number of nitrogens with zero attached hydrogens (tertiary/aromatic N) is 4. The van der Waals surface area contributed by atoms with Gasteiger partial charge in [0.1, 0.15) is 0 Å². The predicted molar refractivity (Wildman–Crippen MR) is 86.8 cm³/mol. The normalized spacial score (nSPS) is 17.8. The van der Waals surface area contributed by atoms with Gasteiger partial charge in [0.05, 0.1) is 18.2 Å². The largest absolute Gasteiger partial charge is 0.466 e. The summed E-state index contributed by atoms with van der Waals surface area (Å²) in [5, 5.41) is 0. The molecule has 1 atom stereocenters. The number of anilines is 1. The van der Waals surface area contributed by atoms with Crippen LogP contribution in [-0.4, -0.2) is 40.6 Å². The van der Waals surface area contributed by atoms with E-state index in [-0.39, 0.29) is 11.9 Å². The van der Waals surface area contributed by atoms with Crippen molar-refractivity contribution in [3.05, 3.63) is 36.8 Å². The lowest BCUT2D eigenvalue weighted by Crippen LogP contribution is -2.40. The number of carbonyl (C=O) groups is 1. The summed E-state index contributed by atoms with van der Waals surface area (Å²) in [5.41, 5.74) is 1.79. The lowest BCUT2D eigenvalue weighted by Gasteiger charge is -2.31. The number of pyridine rings is 1. The van der Waals surface area contributed by atoms with E-state index in [1.807, 2.05) is 25.1 Å². The molecule has 0 aliphatic carbocycles. The number of piperidine rings is 1. The number of hydrogen-bond acceptors (Lipinski definition) is 6. The van der Waals surface area contributed by atoms with E-state index < -0.39 is 0 Å². The van der Waals surface area contributed by atoms with Crippen molar-refractivity contribution in [2.45, 2.75) is 19.8 Å².